The summed E-state index contributed by atoms with van der Waals surface area (Å²) in [6, 6.07) is 12.3. The molecule has 3 heteroatoms. The van der Waals surface area contributed by atoms with Gasteiger partial charge in [0.15, 0.2) is 5.05 Å². The lowest BCUT2D eigenvalue weighted by atomic mass is 9.97. The molecule has 0 heterocycles. The molecule has 0 radical (unpaired) electrons. The predicted molar refractivity (Wildman–Crippen MR) is 80.8 cm³/mol. The van der Waals surface area contributed by atoms with E-state index in [1.54, 1.807) is 18.2 Å². The van der Waals surface area contributed by atoms with E-state index in [-0.39, 0.29) is 10.9 Å². The molecule has 96 valence electrons. The van der Waals surface area contributed by atoms with Crippen molar-refractivity contribution in [1.82, 2.24) is 0 Å². The van der Waals surface area contributed by atoms with E-state index < -0.39 is 0 Å². The number of aliphatic hydroxyl groups is 1. The standard InChI is InChI=1S/C16H13FOS/c1-11-2-3-12(6-9-16(18)19)15(10-11)13-4-7-14(17)8-5-13/h2-10H,1H3,(H,18,19)/b9-6+. The van der Waals surface area contributed by atoms with Crippen LogP contribution < -0.4 is 0 Å². The molecule has 0 amide bonds. The molecule has 1 nitrogen and oxygen atoms in total. The molecule has 0 unspecified atom stereocenters. The number of benzene rings is 2. The van der Waals surface area contributed by atoms with E-state index in [0.717, 1.165) is 22.3 Å². The molecule has 0 aromatic heterocycles. The summed E-state index contributed by atoms with van der Waals surface area (Å²) < 4.78 is 13.0. The van der Waals surface area contributed by atoms with Crippen LogP contribution in [0.5, 0.6) is 0 Å². The number of hydrogen-bond donors (Lipinski definition) is 1. The summed E-state index contributed by atoms with van der Waals surface area (Å²) >= 11 is 4.62. The summed E-state index contributed by atoms with van der Waals surface area (Å²) in [5, 5.41) is 8.90. The molecule has 0 aliphatic rings. The predicted octanol–water partition coefficient (Wildman–Crippen LogP) is 4.70. The third kappa shape index (κ3) is 3.48. The van der Waals surface area contributed by atoms with Gasteiger partial charge < -0.3 is 5.11 Å². The van der Waals surface area contributed by atoms with Gasteiger partial charge in [-0.3, -0.25) is 0 Å². The lowest BCUT2D eigenvalue weighted by Gasteiger charge is -2.08. The fraction of sp³-hybridized carbons (Fsp3) is 0.0625. The molecule has 0 saturated heterocycles. The molecule has 2 rings (SSSR count). The van der Waals surface area contributed by atoms with Crippen LogP contribution in [0.15, 0.2) is 48.5 Å². The van der Waals surface area contributed by atoms with Gasteiger partial charge in [0.05, 0.1) is 0 Å². The van der Waals surface area contributed by atoms with Crippen LogP contribution in [0.1, 0.15) is 11.1 Å². The van der Waals surface area contributed by atoms with E-state index in [4.69, 9.17) is 5.11 Å². The van der Waals surface area contributed by atoms with Gasteiger partial charge in [-0.25, -0.2) is 4.39 Å². The van der Waals surface area contributed by atoms with Crippen LogP contribution in [0, 0.1) is 12.7 Å². The normalized spacial score (nSPS) is 10.8. The summed E-state index contributed by atoms with van der Waals surface area (Å²) in [6.45, 7) is 2.00. The molecule has 0 spiro atoms. The Morgan fingerprint density at radius 2 is 1.84 bits per heavy atom. The largest absolute Gasteiger partial charge is 0.499 e. The number of rotatable bonds is 3. The highest BCUT2D eigenvalue weighted by Gasteiger charge is 2.04. The Hall–Kier alpha value is -2.00. The second-order valence-corrected chi connectivity index (χ2v) is 4.69. The second kappa shape index (κ2) is 5.76. The van der Waals surface area contributed by atoms with Gasteiger partial charge in [-0.1, -0.05) is 35.9 Å². The maximum atomic E-state index is 13.0. The monoisotopic (exact) mass is 272 g/mol. The Balaban J connectivity index is 2.51. The highest BCUT2D eigenvalue weighted by atomic mass is 32.1. The van der Waals surface area contributed by atoms with E-state index >= 15 is 0 Å². The summed E-state index contributed by atoms with van der Waals surface area (Å²) in [5.74, 6) is -0.259. The zero-order valence-electron chi connectivity index (χ0n) is 10.4. The second-order valence-electron chi connectivity index (χ2n) is 4.27. The summed E-state index contributed by atoms with van der Waals surface area (Å²) in [6.07, 6.45) is 3.22. The van der Waals surface area contributed by atoms with Gasteiger partial charge in [-0.05, 0) is 60.1 Å². The van der Waals surface area contributed by atoms with Crippen molar-refractivity contribution < 1.29 is 9.50 Å². The molecule has 0 aliphatic heterocycles. The Bertz CT molecular complexity index is 630. The van der Waals surface area contributed by atoms with E-state index in [9.17, 15) is 4.39 Å². The first-order valence-corrected chi connectivity index (χ1v) is 6.25. The quantitative estimate of drug-likeness (QED) is 0.645. The van der Waals surface area contributed by atoms with Crippen LogP contribution in [0.3, 0.4) is 0 Å². The Kier molecular flexibility index (Phi) is 4.07. The minimum absolute atomic E-state index is 0.161. The van der Waals surface area contributed by atoms with Crippen LogP contribution in [-0.4, -0.2) is 10.2 Å². The maximum absolute atomic E-state index is 13.0. The Morgan fingerprint density at radius 1 is 1.16 bits per heavy atom. The van der Waals surface area contributed by atoms with Crippen molar-refractivity contribution in [3.63, 3.8) is 0 Å². The number of aliphatic hydroxyl groups excluding tert-OH is 1. The molecule has 0 fully saturated rings. The van der Waals surface area contributed by atoms with Crippen molar-refractivity contribution in [1.29, 1.82) is 0 Å². The molecule has 1 N–H and O–H groups in total. The van der Waals surface area contributed by atoms with E-state index in [0.29, 0.717) is 0 Å². The van der Waals surface area contributed by atoms with Crippen molar-refractivity contribution in [3.05, 3.63) is 65.5 Å². The topological polar surface area (TPSA) is 20.2 Å². The Morgan fingerprint density at radius 3 is 2.47 bits per heavy atom. The fourth-order valence-corrected chi connectivity index (χ4v) is 1.92. The zero-order valence-corrected chi connectivity index (χ0v) is 11.2. The number of hydrogen-bond acceptors (Lipinski definition) is 1. The lowest BCUT2D eigenvalue weighted by Crippen LogP contribution is -1.87. The molecular formula is C16H13FOS. The minimum Gasteiger partial charge on any atom is -0.499 e. The van der Waals surface area contributed by atoms with Crippen LogP contribution in [0.25, 0.3) is 17.2 Å². The third-order valence-corrected chi connectivity index (χ3v) is 2.91. The summed E-state index contributed by atoms with van der Waals surface area (Å²) in [7, 11) is 0. The van der Waals surface area contributed by atoms with Crippen molar-refractivity contribution in [2.45, 2.75) is 6.92 Å². The molecule has 0 atom stereocenters. The number of halogens is 1. The van der Waals surface area contributed by atoms with Gasteiger partial charge in [0, 0.05) is 0 Å². The highest BCUT2D eigenvalue weighted by Crippen LogP contribution is 2.26. The first-order chi connectivity index (χ1) is 9.06. The summed E-state index contributed by atoms with van der Waals surface area (Å²) in [5.41, 5.74) is 3.94. The molecule has 19 heavy (non-hydrogen) atoms. The molecule has 0 saturated carbocycles. The molecule has 0 aliphatic carbocycles. The average molecular weight is 272 g/mol. The average Bonchev–Trinajstić information content (AvgIpc) is 2.38. The Labute approximate surface area is 117 Å². The summed E-state index contributed by atoms with van der Waals surface area (Å²) in [4.78, 5) is 0. The first kappa shape index (κ1) is 13.4. The van der Waals surface area contributed by atoms with Gasteiger partial charge in [-0.2, -0.15) is 0 Å². The minimum atomic E-state index is -0.259. The molecular weight excluding hydrogens is 259 g/mol. The van der Waals surface area contributed by atoms with Crippen LogP contribution in [0.2, 0.25) is 0 Å². The molecule has 2 aromatic carbocycles. The lowest BCUT2D eigenvalue weighted by molar-refractivity contribution is 0.574. The van der Waals surface area contributed by atoms with Crippen molar-refractivity contribution in [2.24, 2.45) is 0 Å². The first-order valence-electron chi connectivity index (χ1n) is 5.84. The maximum Gasteiger partial charge on any atom is 0.181 e. The zero-order chi connectivity index (χ0) is 13.8. The van der Waals surface area contributed by atoms with Crippen LogP contribution in [0.4, 0.5) is 4.39 Å². The van der Waals surface area contributed by atoms with Crippen LogP contribution >= 0.6 is 12.2 Å². The highest BCUT2D eigenvalue weighted by molar-refractivity contribution is 7.80. The van der Waals surface area contributed by atoms with E-state index in [1.165, 1.54) is 18.2 Å². The van der Waals surface area contributed by atoms with Crippen molar-refractivity contribution in [2.75, 3.05) is 0 Å². The molecule has 0 bridgehead atoms. The molecule has 2 aromatic rings. The SMILES string of the molecule is Cc1ccc(/C=C/C(O)=S)c(-c2ccc(F)cc2)c1. The van der Waals surface area contributed by atoms with Gasteiger partial charge in [0.25, 0.3) is 0 Å². The number of thiocarbonyl (C=S) groups is 1. The van der Waals surface area contributed by atoms with Crippen molar-refractivity contribution >= 4 is 23.3 Å². The fourth-order valence-electron chi connectivity index (χ4n) is 1.86. The number of aryl methyl sites for hydroxylation is 1. The van der Waals surface area contributed by atoms with Crippen LogP contribution in [-0.2, 0) is 0 Å². The van der Waals surface area contributed by atoms with E-state index in [1.807, 2.05) is 25.1 Å². The smallest absolute Gasteiger partial charge is 0.181 e. The van der Waals surface area contributed by atoms with Gasteiger partial charge in [-0.15, -0.1) is 0 Å². The van der Waals surface area contributed by atoms with Gasteiger partial charge in [0.2, 0.25) is 0 Å². The van der Waals surface area contributed by atoms with Crippen molar-refractivity contribution in [3.8, 4) is 11.1 Å². The third-order valence-electron chi connectivity index (χ3n) is 2.77. The van der Waals surface area contributed by atoms with E-state index in [2.05, 4.69) is 12.2 Å². The van der Waals surface area contributed by atoms with Gasteiger partial charge in [0.1, 0.15) is 5.82 Å². The van der Waals surface area contributed by atoms with Gasteiger partial charge >= 0.3 is 0 Å².